The second-order valence-electron chi connectivity index (χ2n) is 9.34. The summed E-state index contributed by atoms with van der Waals surface area (Å²) in [5, 5.41) is 2.71. The van der Waals surface area contributed by atoms with Crippen molar-refractivity contribution >= 4 is 43.5 Å². The number of carbonyl (C=O) groups excluding carboxylic acids is 2. The summed E-state index contributed by atoms with van der Waals surface area (Å²) in [4.78, 5) is 28.4. The third-order valence-electron chi connectivity index (χ3n) is 6.35. The summed E-state index contributed by atoms with van der Waals surface area (Å²) in [7, 11) is -2.03. The number of halogens is 1. The van der Waals surface area contributed by atoms with Crippen LogP contribution in [0.1, 0.15) is 30.9 Å². The molecule has 8 nitrogen and oxygen atoms in total. The number of nitrogens with one attached hydrogen (secondary N) is 1. The first-order chi connectivity index (χ1) is 19.1. The summed E-state index contributed by atoms with van der Waals surface area (Å²) in [6.07, 6.45) is 1.84. The van der Waals surface area contributed by atoms with Crippen molar-refractivity contribution in [3.8, 4) is 5.75 Å². The SMILES string of the molecule is CCOc1ccc(N(CCCC(=O)N(Cc2cccc(Br)c2)[C@@H](Cc2ccccc2)C(=O)NC)S(C)(=O)=O)cc1. The Bertz CT molecular complexity index is 1370. The van der Waals surface area contributed by atoms with Crippen LogP contribution in [0, 0.1) is 0 Å². The van der Waals surface area contributed by atoms with Crippen molar-refractivity contribution < 1.29 is 22.7 Å². The molecule has 3 aromatic rings. The topological polar surface area (TPSA) is 96.0 Å². The average molecular weight is 631 g/mol. The van der Waals surface area contributed by atoms with Gasteiger partial charge in [-0.2, -0.15) is 0 Å². The van der Waals surface area contributed by atoms with Gasteiger partial charge in [0.1, 0.15) is 11.8 Å². The lowest BCUT2D eigenvalue weighted by Gasteiger charge is -2.31. The lowest BCUT2D eigenvalue weighted by atomic mass is 10.0. The molecular weight excluding hydrogens is 594 g/mol. The largest absolute Gasteiger partial charge is 0.494 e. The number of nitrogens with zero attached hydrogens (tertiary/aromatic N) is 2. The molecule has 3 rings (SSSR count). The number of rotatable bonds is 14. The van der Waals surface area contributed by atoms with Crippen LogP contribution in [0.2, 0.25) is 0 Å². The summed E-state index contributed by atoms with van der Waals surface area (Å²) >= 11 is 3.48. The normalized spacial score (nSPS) is 11.9. The zero-order valence-corrected chi connectivity index (χ0v) is 25.4. The first-order valence-corrected chi connectivity index (χ1v) is 15.8. The number of benzene rings is 3. The highest BCUT2D eigenvalue weighted by Gasteiger charge is 2.30. The molecule has 3 aromatic carbocycles. The molecule has 0 fully saturated rings. The van der Waals surface area contributed by atoms with Crippen LogP contribution in [0.25, 0.3) is 0 Å². The molecule has 1 N–H and O–H groups in total. The number of amides is 2. The van der Waals surface area contributed by atoms with E-state index in [1.807, 2.05) is 61.5 Å². The van der Waals surface area contributed by atoms with Crippen LogP contribution in [0.5, 0.6) is 5.75 Å². The summed E-state index contributed by atoms with van der Waals surface area (Å²) in [6.45, 7) is 2.74. The van der Waals surface area contributed by atoms with E-state index < -0.39 is 16.1 Å². The van der Waals surface area contributed by atoms with Crippen molar-refractivity contribution in [2.75, 3.05) is 30.8 Å². The zero-order valence-electron chi connectivity index (χ0n) is 23.0. The number of ether oxygens (including phenoxy) is 1. The van der Waals surface area contributed by atoms with Gasteiger partial charge in [0.15, 0.2) is 0 Å². The quantitative estimate of drug-likeness (QED) is 0.277. The maximum Gasteiger partial charge on any atom is 0.242 e. The lowest BCUT2D eigenvalue weighted by Crippen LogP contribution is -2.49. The molecule has 0 radical (unpaired) electrons. The van der Waals surface area contributed by atoms with Crippen molar-refractivity contribution in [1.29, 1.82) is 0 Å². The van der Waals surface area contributed by atoms with Crippen LogP contribution < -0.4 is 14.4 Å². The van der Waals surface area contributed by atoms with Gasteiger partial charge in [0, 0.05) is 37.5 Å². The highest BCUT2D eigenvalue weighted by molar-refractivity contribution is 9.10. The van der Waals surface area contributed by atoms with Crippen LogP contribution in [0.15, 0.2) is 83.3 Å². The third kappa shape index (κ3) is 9.09. The number of likely N-dealkylation sites (N-methyl/N-ethyl adjacent to an activating group) is 1. The smallest absolute Gasteiger partial charge is 0.242 e. The van der Waals surface area contributed by atoms with Crippen LogP contribution in [-0.4, -0.2) is 57.6 Å². The van der Waals surface area contributed by atoms with Crippen LogP contribution in [0.4, 0.5) is 5.69 Å². The maximum absolute atomic E-state index is 13.7. The van der Waals surface area contributed by atoms with Crippen molar-refractivity contribution in [2.24, 2.45) is 0 Å². The molecule has 0 aromatic heterocycles. The minimum absolute atomic E-state index is 0.0688. The highest BCUT2D eigenvalue weighted by Crippen LogP contribution is 2.23. The molecule has 0 spiro atoms. The predicted molar refractivity (Wildman–Crippen MR) is 162 cm³/mol. The molecular formula is C30H36BrN3O5S. The van der Waals surface area contributed by atoms with Gasteiger partial charge in [-0.3, -0.25) is 13.9 Å². The monoisotopic (exact) mass is 629 g/mol. The molecule has 40 heavy (non-hydrogen) atoms. The van der Waals surface area contributed by atoms with E-state index in [1.165, 1.54) is 4.31 Å². The molecule has 1 atom stereocenters. The van der Waals surface area contributed by atoms with Gasteiger partial charge in [-0.15, -0.1) is 0 Å². The fourth-order valence-electron chi connectivity index (χ4n) is 4.43. The van der Waals surface area contributed by atoms with E-state index in [2.05, 4.69) is 21.2 Å². The van der Waals surface area contributed by atoms with E-state index in [0.29, 0.717) is 24.5 Å². The van der Waals surface area contributed by atoms with Gasteiger partial charge in [0.05, 0.1) is 18.6 Å². The van der Waals surface area contributed by atoms with Crippen molar-refractivity contribution in [2.45, 2.75) is 38.8 Å². The van der Waals surface area contributed by atoms with E-state index in [-0.39, 0.29) is 37.7 Å². The van der Waals surface area contributed by atoms with Gasteiger partial charge in [-0.25, -0.2) is 8.42 Å². The highest BCUT2D eigenvalue weighted by atomic mass is 79.9. The Kier molecular flexibility index (Phi) is 11.6. The van der Waals surface area contributed by atoms with Crippen LogP contribution >= 0.6 is 15.9 Å². The van der Waals surface area contributed by atoms with Gasteiger partial charge in [0.25, 0.3) is 0 Å². The van der Waals surface area contributed by atoms with Crippen LogP contribution in [-0.2, 0) is 32.6 Å². The van der Waals surface area contributed by atoms with Crippen molar-refractivity contribution in [3.63, 3.8) is 0 Å². The molecule has 0 saturated carbocycles. The van der Waals surface area contributed by atoms with Crippen molar-refractivity contribution in [3.05, 3.63) is 94.5 Å². The Hall–Kier alpha value is -3.37. The van der Waals surface area contributed by atoms with Gasteiger partial charge in [-0.1, -0.05) is 58.4 Å². The molecule has 0 aliphatic carbocycles. The Morgan fingerprint density at radius 2 is 1.65 bits per heavy atom. The minimum atomic E-state index is -3.59. The number of carbonyl (C=O) groups is 2. The molecule has 0 unspecified atom stereocenters. The minimum Gasteiger partial charge on any atom is -0.494 e. The predicted octanol–water partition coefficient (Wildman–Crippen LogP) is 4.78. The molecule has 2 amide bonds. The second-order valence-corrected chi connectivity index (χ2v) is 12.2. The standard InChI is InChI=1S/C30H36BrN3O5S/c1-4-39-27-17-15-26(16-18-27)34(40(3,37)38)19-9-14-29(35)33(22-24-12-8-13-25(31)20-24)28(30(36)32-2)21-23-10-6-5-7-11-23/h5-8,10-13,15-18,20,28H,4,9,14,19,21-22H2,1-3H3,(H,32,36)/t28-/m0/s1. The summed E-state index contributed by atoms with van der Waals surface area (Å²) in [5.74, 6) is 0.153. The Balaban J connectivity index is 1.82. The third-order valence-corrected chi connectivity index (χ3v) is 8.03. The Morgan fingerprint density at radius 1 is 0.975 bits per heavy atom. The molecule has 0 bridgehead atoms. The van der Waals surface area contributed by atoms with Gasteiger partial charge in [-0.05, 0) is 60.9 Å². The molecule has 0 saturated heterocycles. The number of hydrogen-bond donors (Lipinski definition) is 1. The molecule has 214 valence electrons. The molecule has 0 aliphatic rings. The first-order valence-electron chi connectivity index (χ1n) is 13.1. The molecule has 10 heteroatoms. The van der Waals surface area contributed by atoms with Crippen molar-refractivity contribution in [1.82, 2.24) is 10.2 Å². The summed E-state index contributed by atoms with van der Waals surface area (Å²) in [6, 6.07) is 23.3. The fourth-order valence-corrected chi connectivity index (χ4v) is 5.84. The Morgan fingerprint density at radius 3 is 2.25 bits per heavy atom. The maximum atomic E-state index is 13.7. The summed E-state index contributed by atoms with van der Waals surface area (Å²) in [5.41, 5.74) is 2.30. The average Bonchev–Trinajstić information content (AvgIpc) is 2.93. The zero-order chi connectivity index (χ0) is 29.1. The number of sulfonamides is 1. The lowest BCUT2D eigenvalue weighted by molar-refractivity contribution is -0.141. The summed E-state index contributed by atoms with van der Waals surface area (Å²) < 4.78 is 32.8. The van der Waals surface area contributed by atoms with Gasteiger partial charge in [0.2, 0.25) is 21.8 Å². The van der Waals surface area contributed by atoms with E-state index in [0.717, 1.165) is 21.9 Å². The van der Waals surface area contributed by atoms with Crippen LogP contribution in [0.3, 0.4) is 0 Å². The van der Waals surface area contributed by atoms with E-state index in [1.54, 1.807) is 36.2 Å². The fraction of sp³-hybridized carbons (Fsp3) is 0.333. The first kappa shape index (κ1) is 31.2. The van der Waals surface area contributed by atoms with E-state index >= 15 is 0 Å². The second kappa shape index (κ2) is 14.9. The number of hydrogen-bond acceptors (Lipinski definition) is 5. The van der Waals surface area contributed by atoms with E-state index in [9.17, 15) is 18.0 Å². The van der Waals surface area contributed by atoms with E-state index in [4.69, 9.17) is 4.74 Å². The van der Waals surface area contributed by atoms with Gasteiger partial charge < -0.3 is 15.0 Å². The molecule has 0 aliphatic heterocycles. The molecule has 0 heterocycles. The Labute approximate surface area is 245 Å². The number of anilines is 1. The van der Waals surface area contributed by atoms with Gasteiger partial charge >= 0.3 is 0 Å².